The van der Waals surface area contributed by atoms with E-state index in [2.05, 4.69) is 20.7 Å². The van der Waals surface area contributed by atoms with Gasteiger partial charge in [-0.25, -0.2) is 22.0 Å². The molecule has 16 heavy (non-hydrogen) atoms. The number of anilines is 1. The third-order valence-corrected chi connectivity index (χ3v) is 5.17. The predicted molar refractivity (Wildman–Crippen MR) is 64.2 cm³/mol. The molecule has 0 fully saturated rings. The smallest absolute Gasteiger partial charge is 0.242 e. The van der Waals surface area contributed by atoms with E-state index in [-0.39, 0.29) is 15.2 Å². The Bertz CT molecular complexity index is 565. The van der Waals surface area contributed by atoms with Gasteiger partial charge in [-0.3, -0.25) is 4.72 Å². The number of halogens is 1. The van der Waals surface area contributed by atoms with E-state index in [9.17, 15) is 16.8 Å². The van der Waals surface area contributed by atoms with Crippen LogP contribution in [-0.2, 0) is 20.0 Å². The standard InChI is InChI=1S/C7H9BrN2O4S2/c8-5-15(11,12)10-6-1-3-7(4-2-6)16(9,13)14/h1-4,10H,5H2,(H2,9,13,14). The van der Waals surface area contributed by atoms with Crippen LogP contribution < -0.4 is 9.86 Å². The first-order chi connectivity index (χ1) is 7.24. The van der Waals surface area contributed by atoms with Gasteiger partial charge >= 0.3 is 0 Å². The number of nitrogens with two attached hydrogens (primary N) is 1. The summed E-state index contributed by atoms with van der Waals surface area (Å²) in [6.07, 6.45) is 0. The zero-order valence-corrected chi connectivity index (χ0v) is 11.1. The molecule has 0 unspecified atom stereocenters. The SMILES string of the molecule is NS(=O)(=O)c1ccc(NS(=O)(=O)CBr)cc1. The van der Waals surface area contributed by atoms with Gasteiger partial charge in [0.05, 0.1) is 4.90 Å². The molecule has 9 heteroatoms. The van der Waals surface area contributed by atoms with Crippen LogP contribution in [0.25, 0.3) is 0 Å². The van der Waals surface area contributed by atoms with Crippen molar-refractivity contribution in [2.75, 3.05) is 9.38 Å². The first-order valence-electron chi connectivity index (χ1n) is 3.94. The molecule has 0 saturated carbocycles. The number of hydrogen-bond acceptors (Lipinski definition) is 4. The molecule has 0 spiro atoms. The molecule has 0 bridgehead atoms. The molecule has 0 aliphatic heterocycles. The van der Waals surface area contributed by atoms with Crippen LogP contribution in [0.4, 0.5) is 5.69 Å². The highest BCUT2D eigenvalue weighted by molar-refractivity contribution is 9.10. The second kappa shape index (κ2) is 4.70. The number of rotatable bonds is 4. The Labute approximate surface area is 102 Å². The number of alkyl halides is 1. The van der Waals surface area contributed by atoms with Crippen molar-refractivity contribution in [3.63, 3.8) is 0 Å². The highest BCUT2D eigenvalue weighted by Gasteiger charge is 2.10. The van der Waals surface area contributed by atoms with Crippen LogP contribution >= 0.6 is 15.9 Å². The van der Waals surface area contributed by atoms with Crippen LogP contribution in [0.15, 0.2) is 29.2 Å². The molecular formula is C7H9BrN2O4S2. The van der Waals surface area contributed by atoms with Crippen LogP contribution in [0.5, 0.6) is 0 Å². The van der Waals surface area contributed by atoms with Crippen molar-refractivity contribution < 1.29 is 16.8 Å². The number of nitrogens with one attached hydrogen (secondary N) is 1. The van der Waals surface area contributed by atoms with E-state index in [0.29, 0.717) is 0 Å². The zero-order chi connectivity index (χ0) is 12.4. The third kappa shape index (κ3) is 3.74. The first-order valence-corrected chi connectivity index (χ1v) is 8.26. The summed E-state index contributed by atoms with van der Waals surface area (Å²) >= 11 is 2.81. The van der Waals surface area contributed by atoms with E-state index >= 15 is 0 Å². The molecule has 0 radical (unpaired) electrons. The second-order valence-electron chi connectivity index (χ2n) is 2.90. The van der Waals surface area contributed by atoms with E-state index in [1.54, 1.807) is 0 Å². The Morgan fingerprint density at radius 1 is 1.12 bits per heavy atom. The lowest BCUT2D eigenvalue weighted by Crippen LogP contribution is -2.14. The molecule has 1 aromatic carbocycles. The maximum absolute atomic E-state index is 11.1. The fourth-order valence-corrected chi connectivity index (χ4v) is 2.33. The summed E-state index contributed by atoms with van der Waals surface area (Å²) in [7, 11) is -7.19. The molecule has 0 atom stereocenters. The van der Waals surface area contributed by atoms with Gasteiger partial charge in [0.25, 0.3) is 0 Å². The quantitative estimate of drug-likeness (QED) is 0.781. The van der Waals surface area contributed by atoms with Gasteiger partial charge < -0.3 is 0 Å². The molecule has 90 valence electrons. The minimum atomic E-state index is -3.76. The van der Waals surface area contributed by atoms with Crippen molar-refractivity contribution in [2.45, 2.75) is 4.90 Å². The van der Waals surface area contributed by atoms with E-state index in [1.807, 2.05) is 0 Å². The van der Waals surface area contributed by atoms with Crippen molar-refractivity contribution in [3.05, 3.63) is 24.3 Å². The number of primary sulfonamides is 1. The summed E-state index contributed by atoms with van der Waals surface area (Å²) in [6, 6.07) is 5.09. The summed E-state index contributed by atoms with van der Waals surface area (Å²) in [5, 5.41) is 4.89. The van der Waals surface area contributed by atoms with Crippen LogP contribution in [0.3, 0.4) is 0 Å². The minimum absolute atomic E-state index is 0.0747. The van der Waals surface area contributed by atoms with Gasteiger partial charge in [-0.1, -0.05) is 15.9 Å². The fraction of sp³-hybridized carbons (Fsp3) is 0.143. The van der Waals surface area contributed by atoms with Crippen molar-refractivity contribution in [2.24, 2.45) is 5.14 Å². The minimum Gasteiger partial charge on any atom is -0.283 e. The van der Waals surface area contributed by atoms with E-state index in [0.717, 1.165) is 0 Å². The zero-order valence-electron chi connectivity index (χ0n) is 7.92. The van der Waals surface area contributed by atoms with Crippen molar-refractivity contribution in [1.82, 2.24) is 0 Å². The molecule has 0 aliphatic carbocycles. The van der Waals surface area contributed by atoms with E-state index < -0.39 is 20.0 Å². The van der Waals surface area contributed by atoms with E-state index in [4.69, 9.17) is 5.14 Å². The molecule has 0 saturated heterocycles. The summed E-state index contributed by atoms with van der Waals surface area (Å²) in [5.41, 5.74) is 0.270. The lowest BCUT2D eigenvalue weighted by atomic mass is 10.3. The monoisotopic (exact) mass is 328 g/mol. The van der Waals surface area contributed by atoms with Gasteiger partial charge in [-0.05, 0) is 24.3 Å². The van der Waals surface area contributed by atoms with Crippen LogP contribution in [0.1, 0.15) is 0 Å². The van der Waals surface area contributed by atoms with Crippen molar-refractivity contribution in [1.29, 1.82) is 0 Å². The summed E-state index contributed by atoms with van der Waals surface area (Å²) in [4.78, 5) is -0.0747. The highest BCUT2D eigenvalue weighted by atomic mass is 79.9. The lowest BCUT2D eigenvalue weighted by molar-refractivity contribution is 0.597. The highest BCUT2D eigenvalue weighted by Crippen LogP contribution is 2.14. The van der Waals surface area contributed by atoms with Gasteiger partial charge in [0.15, 0.2) is 0 Å². The Morgan fingerprint density at radius 2 is 1.62 bits per heavy atom. The topological polar surface area (TPSA) is 106 Å². The Morgan fingerprint density at radius 3 is 2.00 bits per heavy atom. The summed E-state index contributed by atoms with van der Waals surface area (Å²) in [6.45, 7) is 0. The maximum Gasteiger partial charge on any atom is 0.242 e. The maximum atomic E-state index is 11.1. The predicted octanol–water partition coefficient (Wildman–Crippen LogP) is 0.428. The number of benzene rings is 1. The lowest BCUT2D eigenvalue weighted by Gasteiger charge is -2.05. The Balaban J connectivity index is 2.97. The first kappa shape index (κ1) is 13.4. The van der Waals surface area contributed by atoms with Crippen molar-refractivity contribution >= 4 is 41.7 Å². The Kier molecular flexibility index (Phi) is 3.94. The number of sulfonamides is 2. The largest absolute Gasteiger partial charge is 0.283 e. The van der Waals surface area contributed by atoms with Crippen LogP contribution in [-0.4, -0.2) is 21.5 Å². The molecule has 1 aromatic rings. The number of hydrogen-bond donors (Lipinski definition) is 2. The summed E-state index contributed by atoms with van der Waals surface area (Å²) in [5.74, 6) is 0. The normalized spacial score (nSPS) is 12.4. The van der Waals surface area contributed by atoms with Crippen molar-refractivity contribution in [3.8, 4) is 0 Å². The molecule has 0 aliphatic rings. The third-order valence-electron chi connectivity index (χ3n) is 1.60. The molecule has 0 amide bonds. The molecule has 0 heterocycles. The molecule has 1 rings (SSSR count). The molecular weight excluding hydrogens is 320 g/mol. The Hall–Kier alpha value is -0.640. The molecule has 6 nitrogen and oxygen atoms in total. The van der Waals surface area contributed by atoms with Gasteiger partial charge in [0, 0.05) is 5.69 Å². The van der Waals surface area contributed by atoms with Gasteiger partial charge in [-0.2, -0.15) is 0 Å². The fourth-order valence-electron chi connectivity index (χ4n) is 0.919. The summed E-state index contributed by atoms with van der Waals surface area (Å²) < 4.78 is 46.1. The molecule has 3 N–H and O–H groups in total. The van der Waals surface area contributed by atoms with Gasteiger partial charge in [0.2, 0.25) is 20.0 Å². The van der Waals surface area contributed by atoms with Crippen LogP contribution in [0, 0.1) is 0 Å². The van der Waals surface area contributed by atoms with Gasteiger partial charge in [-0.15, -0.1) is 0 Å². The average molecular weight is 329 g/mol. The molecule has 0 aromatic heterocycles. The van der Waals surface area contributed by atoms with E-state index in [1.165, 1.54) is 24.3 Å². The van der Waals surface area contributed by atoms with Crippen LogP contribution in [0.2, 0.25) is 0 Å². The van der Waals surface area contributed by atoms with Gasteiger partial charge in [0.1, 0.15) is 4.66 Å². The second-order valence-corrected chi connectivity index (χ2v) is 7.48. The average Bonchev–Trinajstić information content (AvgIpc) is 2.16.